The molecule has 0 amide bonds. The Labute approximate surface area is 103 Å². The average Bonchev–Trinajstić information content (AvgIpc) is 2.55. The Balaban J connectivity index is 1.97. The second-order valence-corrected chi connectivity index (χ2v) is 6.46. The first-order chi connectivity index (χ1) is 8.02. The van der Waals surface area contributed by atoms with Gasteiger partial charge in [0, 0.05) is 5.92 Å². The predicted molar refractivity (Wildman–Crippen MR) is 66.4 cm³/mol. The highest BCUT2D eigenvalue weighted by molar-refractivity contribution is 5.75. The normalized spacial score (nSPS) is 49.1. The van der Waals surface area contributed by atoms with Gasteiger partial charge >= 0.3 is 5.97 Å². The minimum Gasteiger partial charge on any atom is -0.458 e. The number of fused-ring (bicyclic) bond motifs is 2. The molecular formula is C15H22O2. The standard InChI is InChI=1S/C15H22O2/c1-9-5-4-6-11-7-13-12(8-15(9,11)3)10(2)14(16)17-13/h7,9-10,12-13H,4-6,8H2,1-3H3. The fraction of sp³-hybridized carbons (Fsp3) is 0.800. The molecule has 0 radical (unpaired) electrons. The zero-order valence-corrected chi connectivity index (χ0v) is 11.0. The van der Waals surface area contributed by atoms with Crippen molar-refractivity contribution in [2.75, 3.05) is 0 Å². The van der Waals surface area contributed by atoms with Crippen molar-refractivity contribution < 1.29 is 9.53 Å². The molecule has 17 heavy (non-hydrogen) atoms. The van der Waals surface area contributed by atoms with Crippen molar-refractivity contribution in [1.82, 2.24) is 0 Å². The number of esters is 1. The molecule has 0 N–H and O–H groups in total. The summed E-state index contributed by atoms with van der Waals surface area (Å²) in [6.45, 7) is 6.80. The molecule has 2 nitrogen and oxygen atoms in total. The molecule has 0 bridgehead atoms. The topological polar surface area (TPSA) is 26.3 Å². The number of hydrogen-bond donors (Lipinski definition) is 0. The maximum Gasteiger partial charge on any atom is 0.309 e. The molecule has 5 unspecified atom stereocenters. The predicted octanol–water partition coefficient (Wildman–Crippen LogP) is 3.32. The maximum absolute atomic E-state index is 11.7. The molecule has 0 aromatic carbocycles. The van der Waals surface area contributed by atoms with E-state index in [2.05, 4.69) is 19.9 Å². The van der Waals surface area contributed by atoms with Crippen LogP contribution < -0.4 is 0 Å². The van der Waals surface area contributed by atoms with Gasteiger partial charge in [0.1, 0.15) is 6.10 Å². The summed E-state index contributed by atoms with van der Waals surface area (Å²) in [7, 11) is 0. The zero-order valence-electron chi connectivity index (χ0n) is 11.0. The summed E-state index contributed by atoms with van der Waals surface area (Å²) in [6.07, 6.45) is 7.32. The van der Waals surface area contributed by atoms with E-state index in [1.165, 1.54) is 19.3 Å². The molecule has 0 aromatic rings. The molecule has 3 aliphatic rings. The highest BCUT2D eigenvalue weighted by Crippen LogP contribution is 2.55. The van der Waals surface area contributed by atoms with Crippen LogP contribution in [0, 0.1) is 23.2 Å². The van der Waals surface area contributed by atoms with Crippen LogP contribution >= 0.6 is 0 Å². The molecule has 3 rings (SSSR count). The molecule has 2 aliphatic carbocycles. The SMILES string of the molecule is CC1C(=O)OC2C=C3CCCC(C)C3(C)CC21. The number of rotatable bonds is 0. The minimum absolute atomic E-state index is 0.00625. The third-order valence-electron chi connectivity index (χ3n) is 5.62. The summed E-state index contributed by atoms with van der Waals surface area (Å²) in [5.41, 5.74) is 1.88. The lowest BCUT2D eigenvalue weighted by Gasteiger charge is -2.47. The molecule has 0 aromatic heterocycles. The first-order valence-electron chi connectivity index (χ1n) is 6.94. The van der Waals surface area contributed by atoms with Crippen molar-refractivity contribution in [2.45, 2.75) is 52.6 Å². The summed E-state index contributed by atoms with van der Waals surface area (Å²) in [5, 5.41) is 0. The van der Waals surface area contributed by atoms with Crippen LogP contribution in [0.1, 0.15) is 46.5 Å². The van der Waals surface area contributed by atoms with Gasteiger partial charge in [-0.05, 0) is 43.1 Å². The van der Waals surface area contributed by atoms with Crippen molar-refractivity contribution >= 4 is 5.97 Å². The fourth-order valence-corrected chi connectivity index (χ4v) is 4.05. The van der Waals surface area contributed by atoms with Gasteiger partial charge in [0.15, 0.2) is 0 Å². The van der Waals surface area contributed by atoms with Crippen LogP contribution in [-0.2, 0) is 9.53 Å². The molecule has 1 aliphatic heterocycles. The fourth-order valence-electron chi connectivity index (χ4n) is 4.05. The zero-order chi connectivity index (χ0) is 12.2. The van der Waals surface area contributed by atoms with E-state index in [4.69, 9.17) is 4.74 Å². The lowest BCUT2D eigenvalue weighted by Crippen LogP contribution is -2.40. The molecule has 5 atom stereocenters. The van der Waals surface area contributed by atoms with Gasteiger partial charge in [-0.1, -0.05) is 26.3 Å². The Morgan fingerprint density at radius 1 is 1.41 bits per heavy atom. The second kappa shape index (κ2) is 3.60. The number of carbonyl (C=O) groups excluding carboxylic acids is 1. The molecule has 0 spiro atoms. The van der Waals surface area contributed by atoms with Crippen LogP contribution in [0.5, 0.6) is 0 Å². The van der Waals surface area contributed by atoms with E-state index < -0.39 is 0 Å². The van der Waals surface area contributed by atoms with Crippen molar-refractivity contribution in [1.29, 1.82) is 0 Å². The van der Waals surface area contributed by atoms with Crippen LogP contribution in [0.15, 0.2) is 11.6 Å². The van der Waals surface area contributed by atoms with Crippen LogP contribution in [0.3, 0.4) is 0 Å². The number of allylic oxidation sites excluding steroid dienone is 1. The average molecular weight is 234 g/mol. The molecule has 1 saturated heterocycles. The number of carbonyl (C=O) groups is 1. The summed E-state index contributed by atoms with van der Waals surface area (Å²) in [5.74, 6) is 1.25. The summed E-state index contributed by atoms with van der Waals surface area (Å²) < 4.78 is 5.49. The Bertz CT molecular complexity index is 384. The van der Waals surface area contributed by atoms with Gasteiger partial charge < -0.3 is 4.74 Å². The smallest absolute Gasteiger partial charge is 0.309 e. The molecule has 2 heteroatoms. The van der Waals surface area contributed by atoms with Gasteiger partial charge in [-0.15, -0.1) is 0 Å². The van der Waals surface area contributed by atoms with Gasteiger partial charge in [-0.2, -0.15) is 0 Å². The molecular weight excluding hydrogens is 212 g/mol. The monoisotopic (exact) mass is 234 g/mol. The lowest BCUT2D eigenvalue weighted by atomic mass is 9.57. The molecule has 1 saturated carbocycles. The highest BCUT2D eigenvalue weighted by Gasteiger charge is 2.51. The van der Waals surface area contributed by atoms with Crippen LogP contribution in [-0.4, -0.2) is 12.1 Å². The quantitative estimate of drug-likeness (QED) is 0.475. The Morgan fingerprint density at radius 3 is 2.94 bits per heavy atom. The minimum atomic E-state index is 0.00625. The Kier molecular flexibility index (Phi) is 2.39. The van der Waals surface area contributed by atoms with E-state index >= 15 is 0 Å². The van der Waals surface area contributed by atoms with Gasteiger partial charge in [0.2, 0.25) is 0 Å². The van der Waals surface area contributed by atoms with Gasteiger partial charge in [0.05, 0.1) is 5.92 Å². The Hall–Kier alpha value is -0.790. The number of ether oxygens (including phenoxy) is 1. The molecule has 1 heterocycles. The van der Waals surface area contributed by atoms with Crippen molar-refractivity contribution in [3.8, 4) is 0 Å². The van der Waals surface area contributed by atoms with E-state index in [-0.39, 0.29) is 18.0 Å². The molecule has 2 fully saturated rings. The van der Waals surface area contributed by atoms with E-state index in [0.29, 0.717) is 11.3 Å². The lowest BCUT2D eigenvalue weighted by molar-refractivity contribution is -0.142. The Morgan fingerprint density at radius 2 is 2.18 bits per heavy atom. The van der Waals surface area contributed by atoms with Crippen LogP contribution in [0.2, 0.25) is 0 Å². The molecule has 94 valence electrons. The van der Waals surface area contributed by atoms with E-state index in [9.17, 15) is 4.79 Å². The second-order valence-electron chi connectivity index (χ2n) is 6.46. The first-order valence-corrected chi connectivity index (χ1v) is 6.94. The first kappa shape index (κ1) is 11.3. The van der Waals surface area contributed by atoms with E-state index in [1.54, 1.807) is 5.57 Å². The van der Waals surface area contributed by atoms with E-state index in [0.717, 1.165) is 12.3 Å². The summed E-state index contributed by atoms with van der Waals surface area (Å²) in [4.78, 5) is 11.7. The van der Waals surface area contributed by atoms with Crippen molar-refractivity contribution in [3.05, 3.63) is 11.6 Å². The summed E-state index contributed by atoms with van der Waals surface area (Å²) >= 11 is 0. The summed E-state index contributed by atoms with van der Waals surface area (Å²) in [6, 6.07) is 0. The van der Waals surface area contributed by atoms with Crippen molar-refractivity contribution in [2.24, 2.45) is 23.2 Å². The van der Waals surface area contributed by atoms with E-state index in [1.807, 2.05) is 6.92 Å². The van der Waals surface area contributed by atoms with Crippen LogP contribution in [0.25, 0.3) is 0 Å². The third-order valence-corrected chi connectivity index (χ3v) is 5.62. The van der Waals surface area contributed by atoms with Crippen molar-refractivity contribution in [3.63, 3.8) is 0 Å². The number of hydrogen-bond acceptors (Lipinski definition) is 2. The maximum atomic E-state index is 11.7. The highest BCUT2D eigenvalue weighted by atomic mass is 16.6. The van der Waals surface area contributed by atoms with Gasteiger partial charge in [-0.25, -0.2) is 0 Å². The third kappa shape index (κ3) is 1.49. The largest absolute Gasteiger partial charge is 0.458 e. The van der Waals surface area contributed by atoms with Crippen LogP contribution in [0.4, 0.5) is 0 Å². The van der Waals surface area contributed by atoms with Gasteiger partial charge in [0.25, 0.3) is 0 Å². The van der Waals surface area contributed by atoms with Gasteiger partial charge in [-0.3, -0.25) is 4.79 Å².